The van der Waals surface area contributed by atoms with Crippen LogP contribution in [0.15, 0.2) is 18.3 Å². The van der Waals surface area contributed by atoms with Crippen LogP contribution in [0.4, 0.5) is 5.82 Å². The molecule has 0 saturated carbocycles. The van der Waals surface area contributed by atoms with E-state index in [1.165, 1.54) is 4.63 Å². The van der Waals surface area contributed by atoms with Crippen LogP contribution in [0.3, 0.4) is 0 Å². The zero-order valence-electron chi connectivity index (χ0n) is 6.15. The summed E-state index contributed by atoms with van der Waals surface area (Å²) in [5, 5.41) is 7.98. The number of nitrogens with zero attached hydrogens (tertiary/aromatic N) is 3. The van der Waals surface area contributed by atoms with Gasteiger partial charge >= 0.3 is 0 Å². The van der Waals surface area contributed by atoms with Gasteiger partial charge in [-0.15, -0.1) is 9.73 Å². The van der Waals surface area contributed by atoms with Crippen LogP contribution in [0.5, 0.6) is 0 Å². The van der Waals surface area contributed by atoms with E-state index in [-0.39, 0.29) is 0 Å². The molecule has 4 nitrogen and oxygen atoms in total. The first-order valence-electron chi connectivity index (χ1n) is 3.35. The third-order valence-electron chi connectivity index (χ3n) is 1.70. The Morgan fingerprint density at radius 3 is 3.09 bits per heavy atom. The first-order valence-corrected chi connectivity index (χ1v) is 3.35. The van der Waals surface area contributed by atoms with E-state index in [0.717, 1.165) is 11.1 Å². The smallest absolute Gasteiger partial charge is 0.151 e. The van der Waals surface area contributed by atoms with Crippen molar-refractivity contribution in [3.8, 4) is 0 Å². The molecule has 0 unspecified atom stereocenters. The lowest BCUT2D eigenvalue weighted by molar-refractivity contribution is 0.804. The number of nitrogen functional groups attached to an aromatic ring is 1. The number of aryl methyl sites for hydroxylation is 1. The van der Waals surface area contributed by atoms with Gasteiger partial charge in [0.2, 0.25) is 0 Å². The fourth-order valence-corrected chi connectivity index (χ4v) is 1.03. The summed E-state index contributed by atoms with van der Waals surface area (Å²) >= 11 is 0. The molecule has 0 aliphatic heterocycles. The lowest BCUT2D eigenvalue weighted by atomic mass is 10.3. The zero-order valence-corrected chi connectivity index (χ0v) is 6.15. The van der Waals surface area contributed by atoms with Gasteiger partial charge in [0.1, 0.15) is 0 Å². The van der Waals surface area contributed by atoms with Gasteiger partial charge < -0.3 is 5.73 Å². The van der Waals surface area contributed by atoms with Crippen LogP contribution in [0.25, 0.3) is 5.52 Å². The van der Waals surface area contributed by atoms with E-state index in [4.69, 9.17) is 5.73 Å². The number of anilines is 1. The second-order valence-corrected chi connectivity index (χ2v) is 2.41. The summed E-state index contributed by atoms with van der Waals surface area (Å²) in [6.07, 6.45) is 1.68. The number of fused-ring (bicyclic) bond motifs is 1. The molecule has 0 amide bonds. The Kier molecular flexibility index (Phi) is 1.09. The summed E-state index contributed by atoms with van der Waals surface area (Å²) in [5.41, 5.74) is 7.53. The molecule has 2 heterocycles. The van der Waals surface area contributed by atoms with Crippen LogP contribution < -0.4 is 5.73 Å². The van der Waals surface area contributed by atoms with Gasteiger partial charge in [0.15, 0.2) is 5.82 Å². The molecule has 0 bridgehead atoms. The molecule has 0 saturated heterocycles. The highest BCUT2D eigenvalue weighted by Gasteiger charge is 2.03. The van der Waals surface area contributed by atoms with E-state index < -0.39 is 0 Å². The molecule has 0 aliphatic carbocycles. The van der Waals surface area contributed by atoms with Gasteiger partial charge in [-0.3, -0.25) is 0 Å². The maximum absolute atomic E-state index is 5.58. The molecule has 2 N–H and O–H groups in total. The Balaban J connectivity index is 2.92. The van der Waals surface area contributed by atoms with Gasteiger partial charge in [0.25, 0.3) is 0 Å². The molecule has 0 spiro atoms. The normalized spacial score (nSPS) is 10.6. The minimum Gasteiger partial charge on any atom is -0.382 e. The van der Waals surface area contributed by atoms with Crippen molar-refractivity contribution in [1.82, 2.24) is 14.8 Å². The summed E-state index contributed by atoms with van der Waals surface area (Å²) in [7, 11) is 0. The highest BCUT2D eigenvalue weighted by molar-refractivity contribution is 5.61. The summed E-state index contributed by atoms with van der Waals surface area (Å²) in [4.78, 5) is 0. The van der Waals surface area contributed by atoms with Crippen LogP contribution in [0.2, 0.25) is 0 Å². The predicted octanol–water partition coefficient (Wildman–Crippen LogP) is 0.620. The fourth-order valence-electron chi connectivity index (χ4n) is 1.03. The average molecular weight is 148 g/mol. The maximum atomic E-state index is 5.58. The Bertz CT molecular complexity index is 390. The minimum atomic E-state index is 0.545. The first-order chi connectivity index (χ1) is 5.29. The van der Waals surface area contributed by atoms with E-state index >= 15 is 0 Å². The maximum Gasteiger partial charge on any atom is 0.151 e. The van der Waals surface area contributed by atoms with Gasteiger partial charge in [-0.05, 0) is 19.1 Å². The molecule has 0 aliphatic rings. The van der Waals surface area contributed by atoms with Gasteiger partial charge in [0, 0.05) is 11.8 Å². The van der Waals surface area contributed by atoms with Gasteiger partial charge in [-0.2, -0.15) is 5.10 Å². The summed E-state index contributed by atoms with van der Waals surface area (Å²) < 4.78 is 1.53. The molecule has 56 valence electrons. The zero-order chi connectivity index (χ0) is 7.84. The van der Waals surface area contributed by atoms with Crippen molar-refractivity contribution in [2.45, 2.75) is 6.92 Å². The fraction of sp³-hybridized carbons (Fsp3) is 0.143. The Morgan fingerprint density at radius 2 is 2.36 bits per heavy atom. The van der Waals surface area contributed by atoms with Gasteiger partial charge in [-0.25, -0.2) is 0 Å². The molecule has 11 heavy (non-hydrogen) atoms. The Morgan fingerprint density at radius 1 is 1.55 bits per heavy atom. The summed E-state index contributed by atoms with van der Waals surface area (Å²) in [6.45, 7) is 1.93. The van der Waals surface area contributed by atoms with Crippen molar-refractivity contribution >= 4 is 11.3 Å². The Hall–Kier alpha value is -1.58. The minimum absolute atomic E-state index is 0.545. The van der Waals surface area contributed by atoms with Crippen LogP contribution >= 0.6 is 0 Å². The lowest BCUT2D eigenvalue weighted by Gasteiger charge is -1.87. The van der Waals surface area contributed by atoms with E-state index in [1.807, 2.05) is 19.1 Å². The highest BCUT2D eigenvalue weighted by Crippen LogP contribution is 2.13. The van der Waals surface area contributed by atoms with Crippen molar-refractivity contribution in [3.63, 3.8) is 0 Å². The van der Waals surface area contributed by atoms with Crippen molar-refractivity contribution in [2.75, 3.05) is 5.73 Å². The number of hydrogen-bond acceptors (Lipinski definition) is 3. The topological polar surface area (TPSA) is 56.2 Å². The van der Waals surface area contributed by atoms with E-state index in [9.17, 15) is 0 Å². The standard InChI is InChI=1S/C7H8N4/c1-5-6-3-2-4-9-11(6)10-7(5)8/h2-4H,1H3,(H2,8,10). The molecule has 0 atom stereocenters. The number of hydrogen-bond donors (Lipinski definition) is 1. The molecule has 2 aromatic rings. The molecule has 2 aromatic heterocycles. The molecule has 0 aromatic carbocycles. The largest absolute Gasteiger partial charge is 0.382 e. The lowest BCUT2D eigenvalue weighted by Crippen LogP contribution is -1.92. The second-order valence-electron chi connectivity index (χ2n) is 2.41. The SMILES string of the molecule is Cc1c(N)nn2ncccc12. The van der Waals surface area contributed by atoms with E-state index in [2.05, 4.69) is 10.2 Å². The van der Waals surface area contributed by atoms with E-state index in [0.29, 0.717) is 5.82 Å². The Labute approximate surface area is 63.6 Å². The quantitative estimate of drug-likeness (QED) is 0.595. The second kappa shape index (κ2) is 1.95. The van der Waals surface area contributed by atoms with Crippen LogP contribution in [-0.2, 0) is 0 Å². The van der Waals surface area contributed by atoms with E-state index in [1.54, 1.807) is 6.20 Å². The molecule has 2 rings (SSSR count). The van der Waals surface area contributed by atoms with Gasteiger partial charge in [-0.1, -0.05) is 0 Å². The van der Waals surface area contributed by atoms with Crippen molar-refractivity contribution in [3.05, 3.63) is 23.9 Å². The molecule has 0 radical (unpaired) electrons. The molecular weight excluding hydrogens is 140 g/mol. The third-order valence-corrected chi connectivity index (χ3v) is 1.70. The summed E-state index contributed by atoms with van der Waals surface area (Å²) in [6, 6.07) is 3.80. The molecule has 4 heteroatoms. The van der Waals surface area contributed by atoms with Crippen molar-refractivity contribution in [2.24, 2.45) is 0 Å². The number of nitrogens with two attached hydrogens (primary N) is 1. The number of rotatable bonds is 0. The molecule has 0 fully saturated rings. The first kappa shape index (κ1) is 6.15. The van der Waals surface area contributed by atoms with Crippen LogP contribution in [0.1, 0.15) is 5.56 Å². The molecular formula is C7H8N4. The van der Waals surface area contributed by atoms with Crippen LogP contribution in [0, 0.1) is 6.92 Å². The monoisotopic (exact) mass is 148 g/mol. The van der Waals surface area contributed by atoms with Gasteiger partial charge in [0.05, 0.1) is 5.52 Å². The third kappa shape index (κ3) is 0.756. The van der Waals surface area contributed by atoms with Crippen LogP contribution in [-0.4, -0.2) is 14.8 Å². The summed E-state index contributed by atoms with van der Waals surface area (Å²) in [5.74, 6) is 0.545. The average Bonchev–Trinajstić information content (AvgIpc) is 2.30. The highest BCUT2D eigenvalue weighted by atomic mass is 15.4. The number of aromatic nitrogens is 3. The predicted molar refractivity (Wildman–Crippen MR) is 42.1 cm³/mol. The van der Waals surface area contributed by atoms with Crippen molar-refractivity contribution < 1.29 is 0 Å². The van der Waals surface area contributed by atoms with Crippen molar-refractivity contribution in [1.29, 1.82) is 0 Å².